The van der Waals surface area contributed by atoms with Gasteiger partial charge >= 0.3 is 0 Å². The van der Waals surface area contributed by atoms with E-state index in [1.165, 1.54) is 0 Å². The molecule has 1 heterocycles. The lowest BCUT2D eigenvalue weighted by molar-refractivity contribution is 0.496. The molecule has 104 valence electrons. The second-order valence-electron chi connectivity index (χ2n) is 4.56. The van der Waals surface area contributed by atoms with Crippen molar-refractivity contribution < 1.29 is 13.2 Å². The smallest absolute Gasteiger partial charge is 0.255 e. The molecule has 0 spiro atoms. The summed E-state index contributed by atoms with van der Waals surface area (Å²) in [7, 11) is 0. The van der Waals surface area contributed by atoms with Gasteiger partial charge in [-0.3, -0.25) is 9.78 Å². The van der Waals surface area contributed by atoms with Gasteiger partial charge in [-0.25, -0.2) is 18.2 Å². The number of aryl methyl sites for hydroxylation is 1. The molecule has 20 heavy (non-hydrogen) atoms. The van der Waals surface area contributed by atoms with Crippen molar-refractivity contribution in [3.63, 3.8) is 0 Å². The largest absolute Gasteiger partial charge is 0.323 e. The van der Waals surface area contributed by atoms with Gasteiger partial charge in [-0.2, -0.15) is 0 Å². The molecule has 0 radical (unpaired) electrons. The van der Waals surface area contributed by atoms with Gasteiger partial charge < -0.3 is 5.32 Å². The fourth-order valence-electron chi connectivity index (χ4n) is 2.25. The third kappa shape index (κ3) is 2.15. The number of hydrogen-bond acceptors (Lipinski definition) is 3. The number of nitrogens with zero attached hydrogens (tertiary/aromatic N) is 1. The standard InChI is InChI=1S/C13H10F3N3O/c14-7-4-9(16)11(5-8(7)15)18-13-17-10-3-1-2-6(10)12(20)19-13/h4-5H,1-3H2,(H2,17,18,19,20). The number of rotatable bonds is 2. The van der Waals surface area contributed by atoms with Gasteiger partial charge in [-0.15, -0.1) is 0 Å². The van der Waals surface area contributed by atoms with Gasteiger partial charge in [0.2, 0.25) is 5.95 Å². The van der Waals surface area contributed by atoms with Crippen LogP contribution in [0, 0.1) is 17.5 Å². The van der Waals surface area contributed by atoms with Crippen LogP contribution >= 0.6 is 0 Å². The average molecular weight is 281 g/mol. The maximum absolute atomic E-state index is 13.5. The topological polar surface area (TPSA) is 57.8 Å². The van der Waals surface area contributed by atoms with Gasteiger partial charge in [0, 0.05) is 17.7 Å². The second kappa shape index (κ2) is 4.66. The second-order valence-corrected chi connectivity index (χ2v) is 4.56. The summed E-state index contributed by atoms with van der Waals surface area (Å²) in [6, 6.07) is 1.11. The predicted molar refractivity (Wildman–Crippen MR) is 66.5 cm³/mol. The van der Waals surface area contributed by atoms with Crippen LogP contribution in [0.25, 0.3) is 0 Å². The van der Waals surface area contributed by atoms with Crippen LogP contribution in [-0.2, 0) is 12.8 Å². The molecule has 1 aliphatic rings. The fourth-order valence-corrected chi connectivity index (χ4v) is 2.25. The number of fused-ring (bicyclic) bond motifs is 1. The highest BCUT2D eigenvalue weighted by atomic mass is 19.2. The van der Waals surface area contributed by atoms with Crippen LogP contribution in [0.2, 0.25) is 0 Å². The van der Waals surface area contributed by atoms with Gasteiger partial charge in [-0.05, 0) is 19.3 Å². The molecule has 0 aliphatic heterocycles. The van der Waals surface area contributed by atoms with Crippen molar-refractivity contribution in [3.05, 3.63) is 51.2 Å². The predicted octanol–water partition coefficient (Wildman–Crippen LogP) is 2.42. The van der Waals surface area contributed by atoms with Crippen LogP contribution in [0.3, 0.4) is 0 Å². The molecule has 3 rings (SSSR count). The lowest BCUT2D eigenvalue weighted by Gasteiger charge is -2.08. The molecule has 4 nitrogen and oxygen atoms in total. The van der Waals surface area contributed by atoms with E-state index in [1.54, 1.807) is 0 Å². The molecule has 2 aromatic rings. The molecule has 0 atom stereocenters. The quantitative estimate of drug-likeness (QED) is 0.831. The zero-order chi connectivity index (χ0) is 14.3. The number of halogens is 3. The summed E-state index contributed by atoms with van der Waals surface area (Å²) in [6.07, 6.45) is 2.18. The molecule has 1 aromatic carbocycles. The highest BCUT2D eigenvalue weighted by Gasteiger charge is 2.18. The van der Waals surface area contributed by atoms with Crippen molar-refractivity contribution in [1.82, 2.24) is 9.97 Å². The van der Waals surface area contributed by atoms with E-state index >= 15 is 0 Å². The lowest BCUT2D eigenvalue weighted by Crippen LogP contribution is -2.16. The molecule has 0 amide bonds. The number of anilines is 2. The summed E-state index contributed by atoms with van der Waals surface area (Å²) in [5, 5.41) is 2.46. The Morgan fingerprint density at radius 1 is 1.10 bits per heavy atom. The van der Waals surface area contributed by atoms with Gasteiger partial charge in [0.15, 0.2) is 11.6 Å². The molecule has 1 aromatic heterocycles. The highest BCUT2D eigenvalue weighted by Crippen LogP contribution is 2.22. The number of aromatic nitrogens is 2. The first-order valence-electron chi connectivity index (χ1n) is 6.08. The number of H-pyrrole nitrogens is 1. The van der Waals surface area contributed by atoms with Crippen LogP contribution in [-0.4, -0.2) is 9.97 Å². The van der Waals surface area contributed by atoms with E-state index in [2.05, 4.69) is 15.3 Å². The van der Waals surface area contributed by atoms with Crippen molar-refractivity contribution in [2.75, 3.05) is 5.32 Å². The summed E-state index contributed by atoms with van der Waals surface area (Å²) in [5.41, 5.74) is 0.698. The number of aromatic amines is 1. The maximum Gasteiger partial charge on any atom is 0.255 e. The first kappa shape index (κ1) is 12.7. The third-order valence-electron chi connectivity index (χ3n) is 3.20. The van der Waals surface area contributed by atoms with Gasteiger partial charge in [-0.1, -0.05) is 0 Å². The van der Waals surface area contributed by atoms with Crippen molar-refractivity contribution in [1.29, 1.82) is 0 Å². The van der Waals surface area contributed by atoms with Crippen LogP contribution in [0.4, 0.5) is 24.8 Å². The van der Waals surface area contributed by atoms with E-state index in [0.717, 1.165) is 6.42 Å². The Morgan fingerprint density at radius 3 is 2.65 bits per heavy atom. The molecule has 1 aliphatic carbocycles. The summed E-state index contributed by atoms with van der Waals surface area (Å²) >= 11 is 0. The van der Waals surface area contributed by atoms with E-state index in [4.69, 9.17) is 0 Å². The lowest BCUT2D eigenvalue weighted by atomic mass is 10.2. The number of nitrogens with one attached hydrogen (secondary N) is 2. The molecule has 2 N–H and O–H groups in total. The Bertz CT molecular complexity index is 742. The zero-order valence-electron chi connectivity index (χ0n) is 10.3. The van der Waals surface area contributed by atoms with E-state index in [0.29, 0.717) is 36.2 Å². The fraction of sp³-hybridized carbons (Fsp3) is 0.231. The van der Waals surface area contributed by atoms with Gasteiger partial charge in [0.25, 0.3) is 5.56 Å². The van der Waals surface area contributed by atoms with E-state index in [1.807, 2.05) is 0 Å². The van der Waals surface area contributed by atoms with Crippen LogP contribution in [0.5, 0.6) is 0 Å². The molecular weight excluding hydrogens is 271 g/mol. The summed E-state index contributed by atoms with van der Waals surface area (Å²) in [4.78, 5) is 18.4. The molecular formula is C13H10F3N3O. The molecule has 0 saturated heterocycles. The SMILES string of the molecule is O=c1[nH]c(Nc2cc(F)c(F)cc2F)nc2c1CCC2. The minimum atomic E-state index is -1.27. The van der Waals surface area contributed by atoms with Crippen LogP contribution in [0.15, 0.2) is 16.9 Å². The molecule has 7 heteroatoms. The Hall–Kier alpha value is -2.31. The Balaban J connectivity index is 1.98. The van der Waals surface area contributed by atoms with Crippen molar-refractivity contribution >= 4 is 11.6 Å². The van der Waals surface area contributed by atoms with Crippen molar-refractivity contribution in [2.24, 2.45) is 0 Å². The monoisotopic (exact) mass is 281 g/mol. The van der Waals surface area contributed by atoms with E-state index in [-0.39, 0.29) is 17.2 Å². The normalized spacial score (nSPS) is 13.3. The maximum atomic E-state index is 13.5. The number of benzene rings is 1. The number of hydrogen-bond donors (Lipinski definition) is 2. The summed E-state index contributed by atoms with van der Waals surface area (Å²) in [5.74, 6) is -3.41. The minimum absolute atomic E-state index is 0.0144. The Morgan fingerprint density at radius 2 is 1.85 bits per heavy atom. The van der Waals surface area contributed by atoms with Gasteiger partial charge in [0.05, 0.1) is 11.4 Å². The third-order valence-corrected chi connectivity index (χ3v) is 3.20. The van der Waals surface area contributed by atoms with Crippen LogP contribution < -0.4 is 10.9 Å². The Kier molecular flexibility index (Phi) is 2.96. The van der Waals surface area contributed by atoms with E-state index in [9.17, 15) is 18.0 Å². The van der Waals surface area contributed by atoms with E-state index < -0.39 is 17.5 Å². The molecule has 0 saturated carbocycles. The zero-order valence-corrected chi connectivity index (χ0v) is 10.3. The average Bonchev–Trinajstić information content (AvgIpc) is 2.85. The van der Waals surface area contributed by atoms with Crippen molar-refractivity contribution in [3.8, 4) is 0 Å². The summed E-state index contributed by atoms with van der Waals surface area (Å²) in [6.45, 7) is 0. The van der Waals surface area contributed by atoms with Crippen molar-refractivity contribution in [2.45, 2.75) is 19.3 Å². The molecule has 0 bridgehead atoms. The minimum Gasteiger partial charge on any atom is -0.323 e. The van der Waals surface area contributed by atoms with Crippen LogP contribution in [0.1, 0.15) is 17.7 Å². The molecule has 0 unspecified atom stereocenters. The van der Waals surface area contributed by atoms with Gasteiger partial charge in [0.1, 0.15) is 5.82 Å². The Labute approximate surface area is 111 Å². The molecule has 0 fully saturated rings. The first-order valence-corrected chi connectivity index (χ1v) is 6.08. The highest BCUT2D eigenvalue weighted by molar-refractivity contribution is 5.54. The summed E-state index contributed by atoms with van der Waals surface area (Å²) < 4.78 is 39.4. The first-order chi connectivity index (χ1) is 9.54.